The topological polar surface area (TPSA) is 17.1 Å². The predicted molar refractivity (Wildman–Crippen MR) is 66.0 cm³/mol. The van der Waals surface area contributed by atoms with Crippen LogP contribution in [0.2, 0.25) is 5.02 Å². The number of ketones is 1. The van der Waals surface area contributed by atoms with Crippen LogP contribution in [0.1, 0.15) is 21.5 Å². The van der Waals surface area contributed by atoms with Gasteiger partial charge in [0.05, 0.1) is 0 Å². The van der Waals surface area contributed by atoms with Gasteiger partial charge in [-0.1, -0.05) is 23.7 Å². The van der Waals surface area contributed by atoms with Crippen molar-refractivity contribution in [3.05, 3.63) is 69.7 Å². The van der Waals surface area contributed by atoms with Crippen molar-refractivity contribution in [1.82, 2.24) is 0 Å². The van der Waals surface area contributed by atoms with E-state index in [1.165, 1.54) is 0 Å². The Morgan fingerprint density at radius 3 is 2.33 bits per heavy atom. The second-order valence-electron chi connectivity index (χ2n) is 3.90. The van der Waals surface area contributed by atoms with Gasteiger partial charge in [-0.15, -0.1) is 0 Å². The number of carbonyl (C=O) groups excluding carboxylic acids is 1. The van der Waals surface area contributed by atoms with E-state index in [4.69, 9.17) is 11.6 Å². The molecule has 0 aromatic heterocycles. The predicted octanol–water partition coefficient (Wildman–Crippen LogP) is 4.16. The van der Waals surface area contributed by atoms with E-state index < -0.39 is 17.4 Å². The van der Waals surface area contributed by atoms with Gasteiger partial charge in [0.1, 0.15) is 11.6 Å². The average molecular weight is 267 g/mol. The van der Waals surface area contributed by atoms with Gasteiger partial charge >= 0.3 is 0 Å². The summed E-state index contributed by atoms with van der Waals surface area (Å²) in [6.45, 7) is 1.69. The Hall–Kier alpha value is -1.74. The van der Waals surface area contributed by atoms with E-state index in [1.54, 1.807) is 25.1 Å². The van der Waals surface area contributed by atoms with E-state index in [2.05, 4.69) is 0 Å². The third-order valence-corrected chi connectivity index (χ3v) is 3.05. The summed E-state index contributed by atoms with van der Waals surface area (Å²) >= 11 is 5.91. The molecule has 0 fully saturated rings. The van der Waals surface area contributed by atoms with Crippen molar-refractivity contribution < 1.29 is 13.6 Å². The lowest BCUT2D eigenvalue weighted by Gasteiger charge is -2.06. The molecule has 0 saturated heterocycles. The molecule has 2 aromatic rings. The lowest BCUT2D eigenvalue weighted by Crippen LogP contribution is -2.05. The highest BCUT2D eigenvalue weighted by Gasteiger charge is 2.15. The van der Waals surface area contributed by atoms with Gasteiger partial charge in [-0.05, 0) is 30.7 Å². The molecule has 0 aliphatic rings. The first-order chi connectivity index (χ1) is 8.49. The van der Waals surface area contributed by atoms with Crippen LogP contribution in [-0.2, 0) is 0 Å². The van der Waals surface area contributed by atoms with Gasteiger partial charge in [0, 0.05) is 22.2 Å². The minimum atomic E-state index is -0.780. The first kappa shape index (κ1) is 12.7. The number of benzene rings is 2. The quantitative estimate of drug-likeness (QED) is 0.746. The standard InChI is InChI=1S/C14H9ClF2O/c1-8-12(3-2-4-13(8)15)14(18)9-5-10(16)7-11(17)6-9/h2-7H,1H3. The van der Waals surface area contributed by atoms with Gasteiger partial charge < -0.3 is 0 Å². The minimum Gasteiger partial charge on any atom is -0.289 e. The Morgan fingerprint density at radius 1 is 1.11 bits per heavy atom. The molecule has 0 bridgehead atoms. The molecule has 92 valence electrons. The first-order valence-corrected chi connectivity index (χ1v) is 5.63. The molecule has 2 aromatic carbocycles. The molecule has 0 N–H and O–H groups in total. The van der Waals surface area contributed by atoms with Crippen LogP contribution in [0.4, 0.5) is 8.78 Å². The van der Waals surface area contributed by atoms with Gasteiger partial charge in [-0.25, -0.2) is 8.78 Å². The smallest absolute Gasteiger partial charge is 0.193 e. The van der Waals surface area contributed by atoms with Crippen LogP contribution >= 0.6 is 11.6 Å². The van der Waals surface area contributed by atoms with Gasteiger partial charge in [0.25, 0.3) is 0 Å². The lowest BCUT2D eigenvalue weighted by molar-refractivity contribution is 0.103. The maximum atomic E-state index is 13.1. The van der Waals surface area contributed by atoms with Gasteiger partial charge in [0.2, 0.25) is 0 Å². The van der Waals surface area contributed by atoms with Crippen LogP contribution in [-0.4, -0.2) is 5.78 Å². The molecule has 0 spiro atoms. The lowest BCUT2D eigenvalue weighted by atomic mass is 9.99. The molecule has 0 saturated carbocycles. The number of halogens is 3. The van der Waals surface area contributed by atoms with Crippen molar-refractivity contribution in [1.29, 1.82) is 0 Å². The molecule has 18 heavy (non-hydrogen) atoms. The Morgan fingerprint density at radius 2 is 1.72 bits per heavy atom. The Labute approximate surface area is 108 Å². The maximum Gasteiger partial charge on any atom is 0.193 e. The molecule has 2 rings (SSSR count). The summed E-state index contributed by atoms with van der Waals surface area (Å²) in [5.74, 6) is -2.01. The number of hydrogen-bond acceptors (Lipinski definition) is 1. The molecule has 1 nitrogen and oxygen atoms in total. The second-order valence-corrected chi connectivity index (χ2v) is 4.31. The Kier molecular flexibility index (Phi) is 3.43. The fourth-order valence-electron chi connectivity index (χ4n) is 1.69. The molecule has 0 aliphatic carbocycles. The van der Waals surface area contributed by atoms with E-state index >= 15 is 0 Å². The maximum absolute atomic E-state index is 13.1. The van der Waals surface area contributed by atoms with Crippen molar-refractivity contribution in [3.63, 3.8) is 0 Å². The largest absolute Gasteiger partial charge is 0.289 e. The molecule has 0 amide bonds. The minimum absolute atomic E-state index is 0.0298. The summed E-state index contributed by atoms with van der Waals surface area (Å²) < 4.78 is 26.1. The number of rotatable bonds is 2. The summed E-state index contributed by atoms with van der Waals surface area (Å²) in [7, 11) is 0. The summed E-state index contributed by atoms with van der Waals surface area (Å²) in [4.78, 5) is 12.1. The molecule has 0 atom stereocenters. The average Bonchev–Trinajstić information content (AvgIpc) is 2.30. The zero-order valence-electron chi connectivity index (χ0n) is 9.51. The van der Waals surface area contributed by atoms with Crippen LogP contribution in [0.5, 0.6) is 0 Å². The molecule has 0 heterocycles. The SMILES string of the molecule is Cc1c(Cl)cccc1C(=O)c1cc(F)cc(F)c1. The van der Waals surface area contributed by atoms with E-state index in [-0.39, 0.29) is 5.56 Å². The Balaban J connectivity index is 2.51. The highest BCUT2D eigenvalue weighted by Crippen LogP contribution is 2.22. The van der Waals surface area contributed by atoms with Crippen LogP contribution in [0.25, 0.3) is 0 Å². The fourth-order valence-corrected chi connectivity index (χ4v) is 1.87. The highest BCUT2D eigenvalue weighted by atomic mass is 35.5. The zero-order chi connectivity index (χ0) is 13.3. The third kappa shape index (κ3) is 2.41. The van der Waals surface area contributed by atoms with Crippen LogP contribution in [0.15, 0.2) is 36.4 Å². The van der Waals surface area contributed by atoms with Gasteiger partial charge in [-0.2, -0.15) is 0 Å². The van der Waals surface area contributed by atoms with Crippen molar-refractivity contribution >= 4 is 17.4 Å². The summed E-state index contributed by atoms with van der Waals surface area (Å²) in [5, 5.41) is 0.442. The molecule has 4 heteroatoms. The van der Waals surface area contributed by atoms with Gasteiger partial charge in [0.15, 0.2) is 5.78 Å². The molecular weight excluding hydrogens is 258 g/mol. The van der Waals surface area contributed by atoms with E-state index in [0.29, 0.717) is 16.1 Å². The fraction of sp³-hybridized carbons (Fsp3) is 0.0714. The van der Waals surface area contributed by atoms with E-state index in [0.717, 1.165) is 18.2 Å². The summed E-state index contributed by atoms with van der Waals surface area (Å²) in [6, 6.07) is 7.59. The second kappa shape index (κ2) is 4.86. The Bertz CT molecular complexity index is 603. The van der Waals surface area contributed by atoms with Crippen molar-refractivity contribution in [3.8, 4) is 0 Å². The normalized spacial score (nSPS) is 10.4. The van der Waals surface area contributed by atoms with Gasteiger partial charge in [-0.3, -0.25) is 4.79 Å². The van der Waals surface area contributed by atoms with Crippen molar-refractivity contribution in [2.75, 3.05) is 0 Å². The summed E-state index contributed by atoms with van der Waals surface area (Å²) in [6.07, 6.45) is 0. The zero-order valence-corrected chi connectivity index (χ0v) is 10.3. The van der Waals surface area contributed by atoms with Crippen LogP contribution < -0.4 is 0 Å². The number of carbonyl (C=O) groups is 1. The van der Waals surface area contributed by atoms with Crippen molar-refractivity contribution in [2.24, 2.45) is 0 Å². The van der Waals surface area contributed by atoms with E-state index in [9.17, 15) is 13.6 Å². The molecule has 0 unspecified atom stereocenters. The van der Waals surface area contributed by atoms with E-state index in [1.807, 2.05) is 0 Å². The molecule has 0 radical (unpaired) electrons. The monoisotopic (exact) mass is 266 g/mol. The van der Waals surface area contributed by atoms with Crippen molar-refractivity contribution in [2.45, 2.75) is 6.92 Å². The molecular formula is C14H9ClF2O. The summed E-state index contributed by atoms with van der Waals surface area (Å²) in [5.41, 5.74) is 0.902. The van der Waals surface area contributed by atoms with Crippen LogP contribution in [0, 0.1) is 18.6 Å². The molecule has 0 aliphatic heterocycles. The first-order valence-electron chi connectivity index (χ1n) is 5.25. The third-order valence-electron chi connectivity index (χ3n) is 2.64. The van der Waals surface area contributed by atoms with Crippen LogP contribution in [0.3, 0.4) is 0 Å². The highest BCUT2D eigenvalue weighted by molar-refractivity contribution is 6.32. The number of hydrogen-bond donors (Lipinski definition) is 0.